The van der Waals surface area contributed by atoms with Crippen LogP contribution in [0.3, 0.4) is 0 Å². The first kappa shape index (κ1) is 14.9. The maximum Gasteiger partial charge on any atom is 0.0853 e. The lowest BCUT2D eigenvalue weighted by molar-refractivity contribution is 0.159. The second-order valence-corrected chi connectivity index (χ2v) is 7.15. The molecule has 0 spiro atoms. The molecular weight excluding hydrogens is 256 g/mol. The minimum Gasteiger partial charge on any atom is -0.351 e. The Hall–Kier alpha value is -1.02. The Morgan fingerprint density at radius 2 is 1.62 bits per heavy atom. The van der Waals surface area contributed by atoms with E-state index in [0.717, 1.165) is 5.92 Å². The molecule has 1 aromatic carbocycles. The van der Waals surface area contributed by atoms with Gasteiger partial charge in [-0.2, -0.15) is 0 Å². The van der Waals surface area contributed by atoms with Crippen molar-refractivity contribution in [3.05, 3.63) is 29.8 Å². The smallest absolute Gasteiger partial charge is 0.0853 e. The fourth-order valence-corrected chi connectivity index (χ4v) is 4.46. The number of benzene rings is 1. The van der Waals surface area contributed by atoms with Gasteiger partial charge in [0.15, 0.2) is 0 Å². The summed E-state index contributed by atoms with van der Waals surface area (Å²) in [6, 6.07) is 10.1. The van der Waals surface area contributed by atoms with Crippen molar-refractivity contribution in [2.75, 3.05) is 11.9 Å². The first-order valence-corrected chi connectivity index (χ1v) is 8.67. The molecule has 1 heterocycles. The molecule has 0 amide bonds. The fraction of sp³-hybridized carbons (Fsp3) is 0.684. The highest BCUT2D eigenvalue weighted by Crippen LogP contribution is 2.40. The summed E-state index contributed by atoms with van der Waals surface area (Å²) >= 11 is 0. The molecule has 0 aromatic heterocycles. The summed E-state index contributed by atoms with van der Waals surface area (Å²) < 4.78 is 0. The van der Waals surface area contributed by atoms with Crippen LogP contribution < -0.4 is 4.90 Å². The first-order chi connectivity index (χ1) is 10.1. The van der Waals surface area contributed by atoms with Gasteiger partial charge in [-0.15, -0.1) is 0 Å². The van der Waals surface area contributed by atoms with Crippen LogP contribution >= 0.6 is 0 Å². The maximum absolute atomic E-state index is 2.72. The van der Waals surface area contributed by atoms with Gasteiger partial charge in [-0.3, -0.25) is 4.90 Å². The van der Waals surface area contributed by atoms with Crippen molar-refractivity contribution in [2.24, 2.45) is 5.92 Å². The van der Waals surface area contributed by atoms with Crippen LogP contribution in [0.2, 0.25) is 0 Å². The normalized spacial score (nSPS) is 31.8. The Bertz CT molecular complexity index is 478. The zero-order valence-corrected chi connectivity index (χ0v) is 14.0. The van der Waals surface area contributed by atoms with E-state index in [1.807, 2.05) is 0 Å². The van der Waals surface area contributed by atoms with E-state index >= 15 is 0 Å². The molecule has 21 heavy (non-hydrogen) atoms. The zero-order chi connectivity index (χ0) is 15.0. The molecule has 1 saturated heterocycles. The summed E-state index contributed by atoms with van der Waals surface area (Å²) in [6.45, 7) is 7.04. The van der Waals surface area contributed by atoms with Crippen molar-refractivity contribution in [1.82, 2.24) is 4.90 Å². The predicted molar refractivity (Wildman–Crippen MR) is 90.7 cm³/mol. The van der Waals surface area contributed by atoms with Crippen LogP contribution in [-0.4, -0.2) is 30.2 Å². The predicted octanol–water partition coefficient (Wildman–Crippen LogP) is 4.43. The molecule has 3 atom stereocenters. The Balaban J connectivity index is 1.96. The van der Waals surface area contributed by atoms with Crippen molar-refractivity contribution >= 4 is 5.69 Å². The molecule has 2 aliphatic rings. The van der Waals surface area contributed by atoms with Crippen LogP contribution in [-0.2, 0) is 0 Å². The minimum atomic E-state index is 0.580. The van der Waals surface area contributed by atoms with Crippen LogP contribution in [0, 0.1) is 12.8 Å². The molecule has 2 nitrogen and oxygen atoms in total. The van der Waals surface area contributed by atoms with Crippen molar-refractivity contribution in [1.29, 1.82) is 0 Å². The van der Waals surface area contributed by atoms with E-state index in [-0.39, 0.29) is 0 Å². The molecular formula is C19H30N2. The standard InChI is InChI=1S/C19H30N2/c1-14-10-8-9-13-18(14)21-16(3)15(2)20(4)19(21)17-11-6-5-7-12-17/h8-10,13,15-17,19H,5-7,11-12H2,1-4H3/t15?,16-,19?/m0/s1. The van der Waals surface area contributed by atoms with Crippen molar-refractivity contribution in [3.63, 3.8) is 0 Å². The number of anilines is 1. The lowest BCUT2D eigenvalue weighted by Crippen LogP contribution is -2.45. The Morgan fingerprint density at radius 1 is 0.952 bits per heavy atom. The molecule has 0 N–H and O–H groups in total. The van der Waals surface area contributed by atoms with Crippen LogP contribution in [0.4, 0.5) is 5.69 Å². The molecule has 2 heteroatoms. The average molecular weight is 286 g/mol. The summed E-state index contributed by atoms with van der Waals surface area (Å²) in [5, 5.41) is 0. The molecule has 1 saturated carbocycles. The van der Waals surface area contributed by atoms with E-state index in [2.05, 4.69) is 61.9 Å². The average Bonchev–Trinajstić information content (AvgIpc) is 2.73. The number of aryl methyl sites for hydroxylation is 1. The quantitative estimate of drug-likeness (QED) is 0.793. The minimum absolute atomic E-state index is 0.580. The van der Waals surface area contributed by atoms with Gasteiger partial charge in [0, 0.05) is 17.8 Å². The van der Waals surface area contributed by atoms with E-state index in [1.54, 1.807) is 0 Å². The van der Waals surface area contributed by atoms with Gasteiger partial charge in [0.25, 0.3) is 0 Å². The van der Waals surface area contributed by atoms with Gasteiger partial charge in [0.1, 0.15) is 0 Å². The summed E-state index contributed by atoms with van der Waals surface area (Å²) in [4.78, 5) is 5.35. The van der Waals surface area contributed by atoms with E-state index in [9.17, 15) is 0 Å². The van der Waals surface area contributed by atoms with E-state index in [1.165, 1.54) is 43.4 Å². The number of hydrogen-bond acceptors (Lipinski definition) is 2. The summed E-state index contributed by atoms with van der Waals surface area (Å²) in [6.07, 6.45) is 7.64. The number of hydrogen-bond donors (Lipinski definition) is 0. The van der Waals surface area contributed by atoms with E-state index in [4.69, 9.17) is 0 Å². The third kappa shape index (κ3) is 2.59. The SMILES string of the molecule is Cc1ccccc1N1C(C2CCCCC2)N(C)C(C)[C@@H]1C. The lowest BCUT2D eigenvalue weighted by atomic mass is 9.86. The van der Waals surface area contributed by atoms with Crippen LogP contribution in [0.15, 0.2) is 24.3 Å². The van der Waals surface area contributed by atoms with Gasteiger partial charge in [-0.25, -0.2) is 0 Å². The third-order valence-electron chi connectivity index (χ3n) is 5.95. The van der Waals surface area contributed by atoms with Crippen LogP contribution in [0.25, 0.3) is 0 Å². The van der Waals surface area contributed by atoms with E-state index in [0.29, 0.717) is 18.2 Å². The topological polar surface area (TPSA) is 6.48 Å². The number of rotatable bonds is 2. The highest BCUT2D eigenvalue weighted by atomic mass is 15.4. The van der Waals surface area contributed by atoms with Gasteiger partial charge in [-0.05, 0) is 58.2 Å². The largest absolute Gasteiger partial charge is 0.351 e. The fourth-order valence-electron chi connectivity index (χ4n) is 4.46. The van der Waals surface area contributed by atoms with Crippen molar-refractivity contribution in [3.8, 4) is 0 Å². The van der Waals surface area contributed by atoms with Gasteiger partial charge in [-0.1, -0.05) is 37.5 Å². The highest BCUT2D eigenvalue weighted by Gasteiger charge is 2.44. The summed E-state index contributed by atoms with van der Waals surface area (Å²) in [7, 11) is 2.33. The first-order valence-electron chi connectivity index (χ1n) is 8.67. The van der Waals surface area contributed by atoms with Crippen LogP contribution in [0.5, 0.6) is 0 Å². The molecule has 0 radical (unpaired) electrons. The molecule has 1 aromatic rings. The molecule has 3 rings (SSSR count). The molecule has 0 bridgehead atoms. The van der Waals surface area contributed by atoms with Crippen molar-refractivity contribution < 1.29 is 0 Å². The molecule has 1 aliphatic carbocycles. The van der Waals surface area contributed by atoms with Crippen molar-refractivity contribution in [2.45, 2.75) is 71.1 Å². The summed E-state index contributed by atoms with van der Waals surface area (Å²) in [5.41, 5.74) is 2.85. The highest BCUT2D eigenvalue weighted by molar-refractivity contribution is 5.56. The van der Waals surface area contributed by atoms with Gasteiger partial charge in [0.05, 0.1) is 6.17 Å². The molecule has 2 fully saturated rings. The second kappa shape index (κ2) is 6.00. The Labute approximate surface area is 130 Å². The molecule has 2 unspecified atom stereocenters. The lowest BCUT2D eigenvalue weighted by Gasteiger charge is -2.40. The third-order valence-corrected chi connectivity index (χ3v) is 5.95. The molecule has 1 aliphatic heterocycles. The van der Waals surface area contributed by atoms with Gasteiger partial charge in [0.2, 0.25) is 0 Å². The Morgan fingerprint density at radius 3 is 2.29 bits per heavy atom. The monoisotopic (exact) mass is 286 g/mol. The molecule has 116 valence electrons. The maximum atomic E-state index is 2.72. The van der Waals surface area contributed by atoms with Gasteiger partial charge < -0.3 is 4.90 Å². The number of para-hydroxylation sites is 1. The second-order valence-electron chi connectivity index (χ2n) is 7.15. The number of likely N-dealkylation sites (N-methyl/N-ethyl adjacent to an activating group) is 1. The Kier molecular flexibility index (Phi) is 4.26. The summed E-state index contributed by atoms with van der Waals surface area (Å²) in [5.74, 6) is 0.829. The number of nitrogens with zero attached hydrogens (tertiary/aromatic N) is 2. The zero-order valence-electron chi connectivity index (χ0n) is 14.0. The van der Waals surface area contributed by atoms with Crippen LogP contribution in [0.1, 0.15) is 51.5 Å². The van der Waals surface area contributed by atoms with E-state index < -0.39 is 0 Å². The van der Waals surface area contributed by atoms with Gasteiger partial charge >= 0.3 is 0 Å².